The highest BCUT2D eigenvalue weighted by atomic mass is 16.5. The first-order valence-electron chi connectivity index (χ1n) is 10.7. The van der Waals surface area contributed by atoms with Gasteiger partial charge in [0.15, 0.2) is 11.5 Å². The van der Waals surface area contributed by atoms with Crippen LogP contribution in [-0.2, 0) is 9.59 Å². The number of ether oxygens (including phenoxy) is 2. The van der Waals surface area contributed by atoms with Crippen molar-refractivity contribution in [1.82, 2.24) is 9.80 Å². The number of unbranched alkanes of at least 4 members (excludes halogenated alkanes) is 2. The number of carbonyl (C=O) groups is 2. The average Bonchev–Trinajstić information content (AvgIpc) is 3.03. The van der Waals surface area contributed by atoms with Crippen LogP contribution in [0.2, 0.25) is 0 Å². The molecule has 0 aliphatic carbocycles. The summed E-state index contributed by atoms with van der Waals surface area (Å²) in [5, 5.41) is 9.64. The number of aliphatic hydroxyl groups excluding tert-OH is 1. The number of hydrogen-bond donors (Lipinski definition) is 1. The minimum atomic E-state index is -0.260. The number of amides is 2. The Balaban J connectivity index is 2.03. The molecule has 2 amide bonds. The summed E-state index contributed by atoms with van der Waals surface area (Å²) in [6.45, 7) is 3.87. The first kappa shape index (κ1) is 22.2. The van der Waals surface area contributed by atoms with Gasteiger partial charge in [-0.25, -0.2) is 0 Å². The van der Waals surface area contributed by atoms with Crippen LogP contribution in [0, 0.1) is 5.92 Å². The van der Waals surface area contributed by atoms with Crippen LogP contribution in [0.3, 0.4) is 0 Å². The van der Waals surface area contributed by atoms with Crippen LogP contribution >= 0.6 is 0 Å². The van der Waals surface area contributed by atoms with Crippen molar-refractivity contribution in [2.75, 3.05) is 40.5 Å². The van der Waals surface area contributed by atoms with Crippen molar-refractivity contribution < 1.29 is 24.2 Å². The Morgan fingerprint density at radius 2 is 1.87 bits per heavy atom. The third-order valence-electron chi connectivity index (χ3n) is 5.89. The van der Waals surface area contributed by atoms with Crippen LogP contribution in [0.5, 0.6) is 11.5 Å². The summed E-state index contributed by atoms with van der Waals surface area (Å²) in [6, 6.07) is 5.30. The van der Waals surface area contributed by atoms with E-state index in [4.69, 9.17) is 9.47 Å². The lowest BCUT2D eigenvalue weighted by Gasteiger charge is -2.34. The van der Waals surface area contributed by atoms with Crippen molar-refractivity contribution in [2.45, 2.75) is 39.0 Å². The lowest BCUT2D eigenvalue weighted by atomic mass is 9.96. The van der Waals surface area contributed by atoms with Crippen LogP contribution in [-0.4, -0.2) is 67.2 Å². The number of methoxy groups -OCH3 is 2. The predicted octanol–water partition coefficient (Wildman–Crippen LogP) is 2.68. The average molecular weight is 417 g/mol. The number of nitrogens with zero attached hydrogens (tertiary/aromatic N) is 2. The van der Waals surface area contributed by atoms with Gasteiger partial charge >= 0.3 is 0 Å². The number of imide groups is 1. The molecule has 0 bridgehead atoms. The van der Waals surface area contributed by atoms with E-state index in [-0.39, 0.29) is 24.3 Å². The minimum absolute atomic E-state index is 0.0812. The molecule has 0 radical (unpaired) electrons. The highest BCUT2D eigenvalue weighted by Crippen LogP contribution is 2.37. The maximum atomic E-state index is 13.4. The van der Waals surface area contributed by atoms with Gasteiger partial charge in [-0.05, 0) is 42.9 Å². The van der Waals surface area contributed by atoms with Crippen molar-refractivity contribution in [3.8, 4) is 11.5 Å². The fourth-order valence-electron chi connectivity index (χ4n) is 4.25. The second-order valence-electron chi connectivity index (χ2n) is 7.90. The van der Waals surface area contributed by atoms with Crippen molar-refractivity contribution in [3.05, 3.63) is 29.5 Å². The molecule has 1 N–H and O–H groups in total. The van der Waals surface area contributed by atoms with E-state index in [1.807, 2.05) is 4.90 Å². The zero-order chi connectivity index (χ0) is 21.7. The lowest BCUT2D eigenvalue weighted by Crippen LogP contribution is -2.40. The number of hydrogen-bond acceptors (Lipinski definition) is 6. The molecule has 0 spiro atoms. The Morgan fingerprint density at radius 3 is 2.53 bits per heavy atom. The van der Waals surface area contributed by atoms with Crippen LogP contribution in [0.1, 0.15) is 44.6 Å². The second-order valence-corrected chi connectivity index (χ2v) is 7.90. The van der Waals surface area contributed by atoms with Gasteiger partial charge in [0, 0.05) is 26.2 Å². The highest BCUT2D eigenvalue weighted by Gasteiger charge is 2.42. The molecule has 1 unspecified atom stereocenters. The summed E-state index contributed by atoms with van der Waals surface area (Å²) in [5.74, 6) is 0.690. The van der Waals surface area contributed by atoms with Gasteiger partial charge in [0.2, 0.25) is 0 Å². The molecule has 0 aromatic heterocycles. The molecule has 7 heteroatoms. The molecule has 1 aromatic carbocycles. The molecule has 2 heterocycles. The van der Waals surface area contributed by atoms with Crippen molar-refractivity contribution in [3.63, 3.8) is 0 Å². The van der Waals surface area contributed by atoms with E-state index >= 15 is 0 Å². The molecular weight excluding hydrogens is 384 g/mol. The zero-order valence-corrected chi connectivity index (χ0v) is 18.1. The first-order valence-corrected chi connectivity index (χ1v) is 10.7. The Kier molecular flexibility index (Phi) is 7.37. The standard InChI is InChI=1S/C23H32N2O5/c1-4-5-6-12-25-22(27)20(17-9-10-18(29-2)19(13-17)30-3)21(23(25)28)24-11-7-8-16(14-24)15-26/h9-10,13,16,26H,4-8,11-12,14-15H2,1-3H3. The van der Waals surface area contributed by atoms with Gasteiger partial charge in [-0.15, -0.1) is 0 Å². The zero-order valence-electron chi connectivity index (χ0n) is 18.1. The van der Waals surface area contributed by atoms with Crippen molar-refractivity contribution in [1.29, 1.82) is 0 Å². The molecule has 30 heavy (non-hydrogen) atoms. The van der Waals surface area contributed by atoms with Crippen LogP contribution in [0.4, 0.5) is 0 Å². The number of benzene rings is 1. The Morgan fingerprint density at radius 1 is 1.10 bits per heavy atom. The van der Waals surface area contributed by atoms with E-state index < -0.39 is 0 Å². The van der Waals surface area contributed by atoms with E-state index in [2.05, 4.69) is 6.92 Å². The van der Waals surface area contributed by atoms with Crippen LogP contribution in [0.15, 0.2) is 23.9 Å². The number of rotatable bonds is 9. The largest absolute Gasteiger partial charge is 0.493 e. The minimum Gasteiger partial charge on any atom is -0.493 e. The normalized spacial score (nSPS) is 19.7. The Labute approximate surface area is 178 Å². The first-order chi connectivity index (χ1) is 14.5. The molecular formula is C23H32N2O5. The second kappa shape index (κ2) is 9.98. The van der Waals surface area contributed by atoms with Gasteiger partial charge in [-0.2, -0.15) is 0 Å². The molecule has 1 atom stereocenters. The Bertz CT molecular complexity index is 820. The highest BCUT2D eigenvalue weighted by molar-refractivity contribution is 6.35. The van der Waals surface area contributed by atoms with Gasteiger partial charge < -0.3 is 19.5 Å². The monoisotopic (exact) mass is 416 g/mol. The van der Waals surface area contributed by atoms with Gasteiger partial charge in [0.1, 0.15) is 5.70 Å². The third-order valence-corrected chi connectivity index (χ3v) is 5.89. The van der Waals surface area contributed by atoms with Gasteiger partial charge in [-0.3, -0.25) is 14.5 Å². The maximum Gasteiger partial charge on any atom is 0.277 e. The topological polar surface area (TPSA) is 79.3 Å². The summed E-state index contributed by atoms with van der Waals surface area (Å²) in [4.78, 5) is 30.1. The van der Waals surface area contributed by atoms with Gasteiger partial charge in [-0.1, -0.05) is 25.8 Å². The van der Waals surface area contributed by atoms with Crippen molar-refractivity contribution >= 4 is 17.4 Å². The fraction of sp³-hybridized carbons (Fsp3) is 0.565. The van der Waals surface area contributed by atoms with E-state index in [1.165, 1.54) is 4.90 Å². The molecule has 0 saturated carbocycles. The quantitative estimate of drug-likeness (QED) is 0.493. The summed E-state index contributed by atoms with van der Waals surface area (Å²) in [7, 11) is 3.11. The SMILES string of the molecule is CCCCCN1C(=O)C(c2ccc(OC)c(OC)c2)=C(N2CCCC(CO)C2)C1=O. The molecule has 3 rings (SSSR count). The van der Waals surface area contributed by atoms with E-state index in [0.717, 1.165) is 32.1 Å². The molecule has 1 aromatic rings. The van der Waals surface area contributed by atoms with E-state index in [1.54, 1.807) is 32.4 Å². The van der Waals surface area contributed by atoms with Crippen LogP contribution in [0.25, 0.3) is 5.57 Å². The van der Waals surface area contributed by atoms with Crippen molar-refractivity contribution in [2.24, 2.45) is 5.92 Å². The number of piperidine rings is 1. The third kappa shape index (κ3) is 4.31. The summed E-state index contributed by atoms with van der Waals surface area (Å²) in [6.07, 6.45) is 4.58. The molecule has 1 fully saturated rings. The predicted molar refractivity (Wildman–Crippen MR) is 114 cm³/mol. The number of likely N-dealkylation sites (tertiary alicyclic amines) is 1. The fourth-order valence-corrected chi connectivity index (χ4v) is 4.25. The number of aliphatic hydroxyl groups is 1. The van der Waals surface area contributed by atoms with E-state index in [0.29, 0.717) is 48.0 Å². The number of carbonyl (C=O) groups excluding carboxylic acids is 2. The van der Waals surface area contributed by atoms with Gasteiger partial charge in [0.05, 0.1) is 19.8 Å². The summed E-state index contributed by atoms with van der Waals surface area (Å²) >= 11 is 0. The lowest BCUT2D eigenvalue weighted by molar-refractivity contribution is -0.137. The summed E-state index contributed by atoms with van der Waals surface area (Å²) < 4.78 is 10.7. The molecule has 2 aliphatic heterocycles. The van der Waals surface area contributed by atoms with Crippen LogP contribution < -0.4 is 9.47 Å². The molecule has 7 nitrogen and oxygen atoms in total. The summed E-state index contributed by atoms with van der Waals surface area (Å²) in [5.41, 5.74) is 1.50. The van der Waals surface area contributed by atoms with E-state index in [9.17, 15) is 14.7 Å². The Hall–Kier alpha value is -2.54. The molecule has 1 saturated heterocycles. The molecule has 2 aliphatic rings. The maximum absolute atomic E-state index is 13.4. The smallest absolute Gasteiger partial charge is 0.277 e. The molecule has 164 valence electrons. The van der Waals surface area contributed by atoms with Gasteiger partial charge in [0.25, 0.3) is 11.8 Å².